The molecule has 1 aliphatic heterocycles. The molecule has 0 spiro atoms. The monoisotopic (exact) mass is 228 g/mol. The van der Waals surface area contributed by atoms with Crippen LogP contribution < -0.4 is 5.32 Å². The number of nitrogens with zero attached hydrogens (tertiary/aromatic N) is 1. The van der Waals surface area contributed by atoms with E-state index in [9.17, 15) is 0 Å². The highest BCUT2D eigenvalue weighted by Crippen LogP contribution is 2.10. The first-order valence-corrected chi connectivity index (χ1v) is 6.65. The molecule has 0 bridgehead atoms. The molecule has 0 aromatic carbocycles. The molecule has 1 atom stereocenters. The number of rotatable bonds is 8. The van der Waals surface area contributed by atoms with Gasteiger partial charge in [-0.05, 0) is 38.3 Å². The van der Waals surface area contributed by atoms with E-state index in [1.54, 1.807) is 0 Å². The fourth-order valence-corrected chi connectivity index (χ4v) is 1.91. The van der Waals surface area contributed by atoms with Crippen molar-refractivity contribution in [3.8, 4) is 0 Å². The van der Waals surface area contributed by atoms with Crippen LogP contribution in [0.25, 0.3) is 0 Å². The Bertz CT molecular complexity index is 167. The highest BCUT2D eigenvalue weighted by atomic mass is 16.5. The fraction of sp³-hybridized carbons (Fsp3) is 1.00. The van der Waals surface area contributed by atoms with Crippen molar-refractivity contribution in [2.75, 3.05) is 46.4 Å². The van der Waals surface area contributed by atoms with E-state index >= 15 is 0 Å². The van der Waals surface area contributed by atoms with E-state index in [4.69, 9.17) is 4.74 Å². The van der Waals surface area contributed by atoms with E-state index in [1.165, 1.54) is 19.4 Å². The van der Waals surface area contributed by atoms with Gasteiger partial charge in [0.25, 0.3) is 0 Å². The van der Waals surface area contributed by atoms with E-state index in [-0.39, 0.29) is 0 Å². The number of nitrogens with one attached hydrogen (secondary N) is 1. The fourth-order valence-electron chi connectivity index (χ4n) is 1.91. The second-order valence-electron chi connectivity index (χ2n) is 5.42. The first-order chi connectivity index (χ1) is 7.68. The van der Waals surface area contributed by atoms with Gasteiger partial charge in [-0.3, -0.25) is 0 Å². The minimum absolute atomic E-state index is 0.751. The van der Waals surface area contributed by atoms with Crippen LogP contribution in [0.3, 0.4) is 0 Å². The summed E-state index contributed by atoms with van der Waals surface area (Å²) < 4.78 is 5.35. The Morgan fingerprint density at radius 2 is 2.19 bits per heavy atom. The molecule has 1 heterocycles. The molecule has 0 aromatic rings. The molecule has 3 heteroatoms. The molecule has 0 aliphatic carbocycles. The summed E-state index contributed by atoms with van der Waals surface area (Å²) in [5.41, 5.74) is 0. The Kier molecular flexibility index (Phi) is 7.01. The van der Waals surface area contributed by atoms with Crippen molar-refractivity contribution in [1.29, 1.82) is 0 Å². The topological polar surface area (TPSA) is 24.5 Å². The van der Waals surface area contributed by atoms with Crippen molar-refractivity contribution in [3.63, 3.8) is 0 Å². The third-order valence-corrected chi connectivity index (χ3v) is 3.22. The Morgan fingerprint density at radius 3 is 2.81 bits per heavy atom. The minimum Gasteiger partial charge on any atom is -0.381 e. The van der Waals surface area contributed by atoms with Crippen LogP contribution >= 0.6 is 0 Å². The van der Waals surface area contributed by atoms with Gasteiger partial charge in [0.05, 0.1) is 6.61 Å². The summed E-state index contributed by atoms with van der Waals surface area (Å²) in [4.78, 5) is 2.41. The van der Waals surface area contributed by atoms with E-state index in [0.29, 0.717) is 0 Å². The molecule has 16 heavy (non-hydrogen) atoms. The molecule has 0 aromatic heterocycles. The second-order valence-corrected chi connectivity index (χ2v) is 5.42. The van der Waals surface area contributed by atoms with Gasteiger partial charge < -0.3 is 15.0 Å². The van der Waals surface area contributed by atoms with Gasteiger partial charge in [-0.1, -0.05) is 13.8 Å². The van der Waals surface area contributed by atoms with Crippen LogP contribution in [0.2, 0.25) is 0 Å². The number of hydrogen-bond acceptors (Lipinski definition) is 3. The Hall–Kier alpha value is -0.120. The van der Waals surface area contributed by atoms with Crippen molar-refractivity contribution >= 4 is 0 Å². The van der Waals surface area contributed by atoms with Crippen molar-refractivity contribution in [2.45, 2.75) is 26.7 Å². The van der Waals surface area contributed by atoms with Gasteiger partial charge in [-0.2, -0.15) is 0 Å². The zero-order chi connectivity index (χ0) is 11.8. The lowest BCUT2D eigenvalue weighted by molar-refractivity contribution is 0.185. The molecule has 1 fully saturated rings. The number of likely N-dealkylation sites (N-methyl/N-ethyl adjacent to an activating group) is 1. The second kappa shape index (κ2) is 8.04. The third-order valence-electron chi connectivity index (χ3n) is 3.22. The average Bonchev–Trinajstić information content (AvgIpc) is 2.74. The van der Waals surface area contributed by atoms with Crippen LogP contribution in [0, 0.1) is 11.8 Å². The SMILES string of the molecule is CC(C)CCN(C)CCNCC1CCOC1. The largest absolute Gasteiger partial charge is 0.381 e. The lowest BCUT2D eigenvalue weighted by Crippen LogP contribution is -2.33. The smallest absolute Gasteiger partial charge is 0.0507 e. The van der Waals surface area contributed by atoms with Crippen molar-refractivity contribution < 1.29 is 4.74 Å². The van der Waals surface area contributed by atoms with Gasteiger partial charge in [-0.25, -0.2) is 0 Å². The minimum atomic E-state index is 0.751. The maximum absolute atomic E-state index is 5.35. The van der Waals surface area contributed by atoms with Crippen LogP contribution in [0.15, 0.2) is 0 Å². The van der Waals surface area contributed by atoms with Gasteiger partial charge in [-0.15, -0.1) is 0 Å². The summed E-state index contributed by atoms with van der Waals surface area (Å²) in [6.45, 7) is 11.1. The van der Waals surface area contributed by atoms with Crippen LogP contribution in [-0.2, 0) is 4.74 Å². The molecule has 1 rings (SSSR count). The van der Waals surface area contributed by atoms with E-state index < -0.39 is 0 Å². The van der Waals surface area contributed by atoms with Gasteiger partial charge in [0.1, 0.15) is 0 Å². The Morgan fingerprint density at radius 1 is 1.38 bits per heavy atom. The molecule has 0 amide bonds. The first-order valence-electron chi connectivity index (χ1n) is 6.65. The van der Waals surface area contributed by atoms with Crippen molar-refractivity contribution in [1.82, 2.24) is 10.2 Å². The molecule has 1 N–H and O–H groups in total. The van der Waals surface area contributed by atoms with Crippen LogP contribution in [0.5, 0.6) is 0 Å². The molecule has 1 unspecified atom stereocenters. The van der Waals surface area contributed by atoms with Gasteiger partial charge in [0.15, 0.2) is 0 Å². The van der Waals surface area contributed by atoms with E-state index in [1.807, 2.05) is 0 Å². The molecule has 0 radical (unpaired) electrons. The summed E-state index contributed by atoms with van der Waals surface area (Å²) in [7, 11) is 2.21. The van der Waals surface area contributed by atoms with E-state index in [2.05, 4.69) is 31.1 Å². The summed E-state index contributed by atoms with van der Waals surface area (Å²) in [5, 5.41) is 3.52. The average molecular weight is 228 g/mol. The predicted octanol–water partition coefficient (Wildman–Crippen LogP) is 1.59. The summed E-state index contributed by atoms with van der Waals surface area (Å²) in [5.74, 6) is 1.56. The van der Waals surface area contributed by atoms with E-state index in [0.717, 1.165) is 44.7 Å². The van der Waals surface area contributed by atoms with Crippen LogP contribution in [0.4, 0.5) is 0 Å². The lowest BCUT2D eigenvalue weighted by Gasteiger charge is -2.18. The highest BCUT2D eigenvalue weighted by molar-refractivity contribution is 4.67. The quantitative estimate of drug-likeness (QED) is 0.639. The molecule has 1 aliphatic rings. The van der Waals surface area contributed by atoms with Crippen LogP contribution in [0.1, 0.15) is 26.7 Å². The highest BCUT2D eigenvalue weighted by Gasteiger charge is 2.14. The summed E-state index contributed by atoms with van der Waals surface area (Å²) >= 11 is 0. The van der Waals surface area contributed by atoms with Gasteiger partial charge in [0.2, 0.25) is 0 Å². The van der Waals surface area contributed by atoms with Crippen molar-refractivity contribution in [2.24, 2.45) is 11.8 Å². The van der Waals surface area contributed by atoms with Crippen LogP contribution in [-0.4, -0.2) is 51.3 Å². The molecule has 96 valence electrons. The number of ether oxygens (including phenoxy) is 1. The maximum Gasteiger partial charge on any atom is 0.0507 e. The summed E-state index contributed by atoms with van der Waals surface area (Å²) in [6, 6.07) is 0. The molecule has 0 saturated carbocycles. The first kappa shape index (κ1) is 13.9. The molecule has 1 saturated heterocycles. The normalized spacial score (nSPS) is 21.2. The molecule has 3 nitrogen and oxygen atoms in total. The Balaban J connectivity index is 1.89. The molecular weight excluding hydrogens is 200 g/mol. The van der Waals surface area contributed by atoms with Crippen molar-refractivity contribution in [3.05, 3.63) is 0 Å². The lowest BCUT2D eigenvalue weighted by atomic mass is 10.1. The molecular formula is C13H28N2O. The zero-order valence-corrected chi connectivity index (χ0v) is 11.2. The number of hydrogen-bond donors (Lipinski definition) is 1. The summed E-state index contributed by atoms with van der Waals surface area (Å²) in [6.07, 6.45) is 2.53. The standard InChI is InChI=1S/C13H28N2O/c1-12(2)4-7-15(3)8-6-14-10-13-5-9-16-11-13/h12-14H,4-11H2,1-3H3. The van der Waals surface area contributed by atoms with Gasteiger partial charge in [0, 0.05) is 26.2 Å². The van der Waals surface area contributed by atoms with Gasteiger partial charge >= 0.3 is 0 Å². The zero-order valence-electron chi connectivity index (χ0n) is 11.2. The Labute approximate surface area is 101 Å². The predicted molar refractivity (Wildman–Crippen MR) is 68.7 cm³/mol. The maximum atomic E-state index is 5.35. The third kappa shape index (κ3) is 6.46.